The minimum Gasteiger partial charge on any atom is -0.354 e. The summed E-state index contributed by atoms with van der Waals surface area (Å²) < 4.78 is 25.9. The van der Waals surface area contributed by atoms with E-state index >= 15 is 0 Å². The van der Waals surface area contributed by atoms with Crippen LogP contribution in [0.15, 0.2) is 54.6 Å². The second kappa shape index (κ2) is 12.4. The SMILES string of the molecule is CCCNC(=O)[C@H](C)N(Cc1ccc(C)cc1)C(=O)CCCN(c1ccccc1)S(C)(=O)=O. The number of carbonyl (C=O) groups is 2. The van der Waals surface area contributed by atoms with Crippen LogP contribution in [-0.4, -0.2) is 50.5 Å². The zero-order chi connectivity index (χ0) is 24.4. The predicted molar refractivity (Wildman–Crippen MR) is 132 cm³/mol. The van der Waals surface area contributed by atoms with E-state index in [1.165, 1.54) is 4.31 Å². The summed E-state index contributed by atoms with van der Waals surface area (Å²) in [6, 6.07) is 16.1. The molecule has 180 valence electrons. The smallest absolute Gasteiger partial charge is 0.242 e. The Morgan fingerprint density at radius 3 is 2.24 bits per heavy atom. The van der Waals surface area contributed by atoms with Crippen LogP contribution in [0.5, 0.6) is 0 Å². The number of rotatable bonds is 12. The zero-order valence-corrected chi connectivity index (χ0v) is 20.8. The standard InChI is InChI=1S/C25H35N3O4S/c1-5-17-26-25(30)21(3)27(19-22-15-13-20(2)14-16-22)24(29)12-9-18-28(33(4,31)32)23-10-7-6-8-11-23/h6-8,10-11,13-16,21H,5,9,12,17-19H2,1-4H3,(H,26,30)/t21-/m0/s1. The number of nitrogens with zero attached hydrogens (tertiary/aromatic N) is 2. The van der Waals surface area contributed by atoms with Crippen molar-refractivity contribution in [3.8, 4) is 0 Å². The Bertz CT molecular complexity index is 1010. The maximum atomic E-state index is 13.2. The van der Waals surface area contributed by atoms with Crippen molar-refractivity contribution in [2.45, 2.75) is 52.6 Å². The van der Waals surface area contributed by atoms with Crippen molar-refractivity contribution >= 4 is 27.5 Å². The lowest BCUT2D eigenvalue weighted by atomic mass is 10.1. The first kappa shape index (κ1) is 26.4. The van der Waals surface area contributed by atoms with Crippen molar-refractivity contribution < 1.29 is 18.0 Å². The normalized spacial score (nSPS) is 12.1. The molecular weight excluding hydrogens is 438 g/mol. The summed E-state index contributed by atoms with van der Waals surface area (Å²) in [5.74, 6) is -0.379. The lowest BCUT2D eigenvalue weighted by Crippen LogP contribution is -2.47. The predicted octanol–water partition coefficient (Wildman–Crippen LogP) is 3.48. The third-order valence-corrected chi connectivity index (χ3v) is 6.58. The Kier molecular flexibility index (Phi) is 9.91. The minimum absolute atomic E-state index is 0.135. The maximum Gasteiger partial charge on any atom is 0.242 e. The molecule has 2 aromatic carbocycles. The van der Waals surface area contributed by atoms with Crippen molar-refractivity contribution in [3.63, 3.8) is 0 Å². The molecule has 0 unspecified atom stereocenters. The third-order valence-electron chi connectivity index (χ3n) is 5.39. The van der Waals surface area contributed by atoms with Gasteiger partial charge < -0.3 is 10.2 Å². The lowest BCUT2D eigenvalue weighted by molar-refractivity contribution is -0.140. The summed E-state index contributed by atoms with van der Waals surface area (Å²) in [6.07, 6.45) is 2.45. The fraction of sp³-hybridized carbons (Fsp3) is 0.440. The van der Waals surface area contributed by atoms with Gasteiger partial charge >= 0.3 is 0 Å². The molecule has 0 saturated carbocycles. The van der Waals surface area contributed by atoms with Gasteiger partial charge in [-0.1, -0.05) is 55.0 Å². The Morgan fingerprint density at radius 1 is 1.03 bits per heavy atom. The second-order valence-electron chi connectivity index (χ2n) is 8.25. The number of aryl methyl sites for hydroxylation is 1. The summed E-state index contributed by atoms with van der Waals surface area (Å²) >= 11 is 0. The van der Waals surface area contributed by atoms with Gasteiger partial charge in [-0.25, -0.2) is 8.42 Å². The van der Waals surface area contributed by atoms with E-state index in [0.717, 1.165) is 23.8 Å². The van der Waals surface area contributed by atoms with Gasteiger partial charge in [-0.3, -0.25) is 13.9 Å². The van der Waals surface area contributed by atoms with Crippen LogP contribution >= 0.6 is 0 Å². The van der Waals surface area contributed by atoms with Crippen LogP contribution in [0.2, 0.25) is 0 Å². The first-order valence-corrected chi connectivity index (χ1v) is 13.1. The number of amides is 2. The number of benzene rings is 2. The van der Waals surface area contributed by atoms with Crippen molar-refractivity contribution in [2.24, 2.45) is 0 Å². The highest BCUT2D eigenvalue weighted by Crippen LogP contribution is 2.18. The molecule has 0 spiro atoms. The molecule has 2 rings (SSSR count). The van der Waals surface area contributed by atoms with E-state index in [4.69, 9.17) is 0 Å². The number of sulfonamides is 1. The summed E-state index contributed by atoms with van der Waals surface area (Å²) in [5.41, 5.74) is 2.62. The largest absolute Gasteiger partial charge is 0.354 e. The number of carbonyl (C=O) groups excluding carboxylic acids is 2. The molecule has 2 aromatic rings. The van der Waals surface area contributed by atoms with Gasteiger partial charge in [0.25, 0.3) is 0 Å². The highest BCUT2D eigenvalue weighted by Gasteiger charge is 2.26. The number of hydrogen-bond acceptors (Lipinski definition) is 4. The van der Waals surface area contributed by atoms with E-state index in [2.05, 4.69) is 5.32 Å². The van der Waals surface area contributed by atoms with E-state index in [1.54, 1.807) is 36.1 Å². The summed E-state index contributed by atoms with van der Waals surface area (Å²) in [4.78, 5) is 27.4. The first-order valence-electron chi connectivity index (χ1n) is 11.3. The topological polar surface area (TPSA) is 86.8 Å². The van der Waals surface area contributed by atoms with Crippen LogP contribution in [0.3, 0.4) is 0 Å². The van der Waals surface area contributed by atoms with Gasteiger partial charge in [-0.15, -0.1) is 0 Å². The van der Waals surface area contributed by atoms with Crippen molar-refractivity contribution in [1.82, 2.24) is 10.2 Å². The Morgan fingerprint density at radius 2 is 1.67 bits per heavy atom. The molecule has 0 aliphatic heterocycles. The molecule has 0 bridgehead atoms. The fourth-order valence-electron chi connectivity index (χ4n) is 3.47. The molecule has 1 N–H and O–H groups in total. The molecule has 0 saturated heterocycles. The van der Waals surface area contributed by atoms with E-state index in [0.29, 0.717) is 25.2 Å². The van der Waals surface area contributed by atoms with Crippen LogP contribution in [0, 0.1) is 6.92 Å². The number of hydrogen-bond donors (Lipinski definition) is 1. The van der Waals surface area contributed by atoms with E-state index < -0.39 is 16.1 Å². The van der Waals surface area contributed by atoms with Gasteiger partial charge in [0.15, 0.2) is 0 Å². The summed E-state index contributed by atoms with van der Waals surface area (Å²) in [5, 5.41) is 2.86. The quantitative estimate of drug-likeness (QED) is 0.511. The molecule has 0 aromatic heterocycles. The third kappa shape index (κ3) is 8.20. The van der Waals surface area contributed by atoms with Gasteiger partial charge in [0.2, 0.25) is 21.8 Å². The lowest BCUT2D eigenvalue weighted by Gasteiger charge is -2.29. The molecule has 0 fully saturated rings. The molecule has 0 radical (unpaired) electrons. The Balaban J connectivity index is 2.12. The minimum atomic E-state index is -3.48. The highest BCUT2D eigenvalue weighted by atomic mass is 32.2. The van der Waals surface area contributed by atoms with Crippen molar-refractivity contribution in [1.29, 1.82) is 0 Å². The van der Waals surface area contributed by atoms with E-state index in [1.807, 2.05) is 44.2 Å². The van der Waals surface area contributed by atoms with Crippen LogP contribution in [0.1, 0.15) is 44.2 Å². The van der Waals surface area contributed by atoms with E-state index in [9.17, 15) is 18.0 Å². The van der Waals surface area contributed by atoms with Crippen LogP contribution in [-0.2, 0) is 26.2 Å². The van der Waals surface area contributed by atoms with Crippen LogP contribution < -0.4 is 9.62 Å². The second-order valence-corrected chi connectivity index (χ2v) is 10.2. The molecule has 2 amide bonds. The molecule has 33 heavy (non-hydrogen) atoms. The fourth-order valence-corrected chi connectivity index (χ4v) is 4.43. The van der Waals surface area contributed by atoms with E-state index in [-0.39, 0.29) is 24.8 Å². The van der Waals surface area contributed by atoms with Gasteiger partial charge in [0.05, 0.1) is 11.9 Å². The average molecular weight is 474 g/mol. The molecule has 7 nitrogen and oxygen atoms in total. The molecule has 8 heteroatoms. The molecular formula is C25H35N3O4S. The number of anilines is 1. The van der Waals surface area contributed by atoms with Gasteiger partial charge in [0, 0.05) is 26.1 Å². The molecule has 0 heterocycles. The zero-order valence-electron chi connectivity index (χ0n) is 20.0. The van der Waals surface area contributed by atoms with Crippen molar-refractivity contribution in [3.05, 3.63) is 65.7 Å². The van der Waals surface area contributed by atoms with Gasteiger partial charge in [0.1, 0.15) is 6.04 Å². The Labute approximate surface area is 197 Å². The van der Waals surface area contributed by atoms with Crippen molar-refractivity contribution in [2.75, 3.05) is 23.7 Å². The monoisotopic (exact) mass is 473 g/mol. The summed E-state index contributed by atoms with van der Waals surface area (Å²) in [7, 11) is -3.48. The number of para-hydroxylation sites is 1. The van der Waals surface area contributed by atoms with Crippen LogP contribution in [0.4, 0.5) is 5.69 Å². The summed E-state index contributed by atoms with van der Waals surface area (Å²) in [6.45, 7) is 6.74. The molecule has 0 aliphatic rings. The van der Waals surface area contributed by atoms with Gasteiger partial charge in [-0.05, 0) is 44.4 Å². The average Bonchev–Trinajstić information content (AvgIpc) is 2.79. The van der Waals surface area contributed by atoms with Crippen LogP contribution in [0.25, 0.3) is 0 Å². The molecule has 1 atom stereocenters. The van der Waals surface area contributed by atoms with Gasteiger partial charge in [-0.2, -0.15) is 0 Å². The first-order chi connectivity index (χ1) is 15.6. The number of nitrogens with one attached hydrogen (secondary N) is 1. The Hall–Kier alpha value is -2.87. The molecule has 0 aliphatic carbocycles. The maximum absolute atomic E-state index is 13.2. The highest BCUT2D eigenvalue weighted by molar-refractivity contribution is 7.92.